The largest absolute Gasteiger partial charge is 0.355 e. The number of carbonyl (C=O) groups excluding carboxylic acids is 3. The first kappa shape index (κ1) is 22.5. The molecule has 0 aromatic heterocycles. The van der Waals surface area contributed by atoms with E-state index in [0.29, 0.717) is 24.6 Å². The van der Waals surface area contributed by atoms with Crippen LogP contribution >= 0.6 is 0 Å². The van der Waals surface area contributed by atoms with E-state index in [2.05, 4.69) is 25.2 Å². The molecule has 6 nitrogen and oxygen atoms in total. The van der Waals surface area contributed by atoms with E-state index in [1.807, 2.05) is 30.3 Å². The van der Waals surface area contributed by atoms with Gasteiger partial charge in [-0.3, -0.25) is 14.4 Å². The maximum atomic E-state index is 13.1. The summed E-state index contributed by atoms with van der Waals surface area (Å²) in [5.74, 6) is -0.185. The Hall–Kier alpha value is -3.15. The van der Waals surface area contributed by atoms with Gasteiger partial charge in [0.1, 0.15) is 0 Å². The summed E-state index contributed by atoms with van der Waals surface area (Å²) < 4.78 is 0. The first-order chi connectivity index (χ1) is 14.8. The molecule has 31 heavy (non-hydrogen) atoms. The molecule has 0 bridgehead atoms. The molecule has 2 atom stereocenters. The summed E-state index contributed by atoms with van der Waals surface area (Å²) in [5, 5.41) is 2.59. The van der Waals surface area contributed by atoms with Gasteiger partial charge in [0.05, 0.1) is 5.92 Å². The lowest BCUT2D eigenvalue weighted by Crippen LogP contribution is -2.34. The van der Waals surface area contributed by atoms with E-state index in [-0.39, 0.29) is 30.1 Å². The molecule has 1 aliphatic heterocycles. The Kier molecular flexibility index (Phi) is 7.10. The number of amides is 3. The van der Waals surface area contributed by atoms with Crippen LogP contribution in [0.5, 0.6) is 0 Å². The van der Waals surface area contributed by atoms with Crippen molar-refractivity contribution >= 4 is 23.4 Å². The number of benzene rings is 2. The Morgan fingerprint density at radius 2 is 1.84 bits per heavy atom. The quantitative estimate of drug-likeness (QED) is 0.743. The molecule has 0 aliphatic carbocycles. The highest BCUT2D eigenvalue weighted by Gasteiger charge is 2.37. The Morgan fingerprint density at radius 1 is 1.16 bits per heavy atom. The standard InChI is InChI=1S/C25H31N3O3/c1-5-17(2)21-8-6-7-9-22(21)28-16-20(14-23(28)29)25(31)27(4)15-18-10-12-19(13-11-18)24(30)26-3/h6-13,17,20H,5,14-16H2,1-4H3,(H,26,30)/t17-,20-/m0/s1. The molecular formula is C25H31N3O3. The molecule has 0 saturated carbocycles. The third kappa shape index (κ3) is 4.95. The van der Waals surface area contributed by atoms with Crippen LogP contribution in [-0.2, 0) is 16.1 Å². The van der Waals surface area contributed by atoms with E-state index in [9.17, 15) is 14.4 Å². The Labute approximate surface area is 184 Å². The number of nitrogens with zero attached hydrogens (tertiary/aromatic N) is 2. The smallest absolute Gasteiger partial charge is 0.251 e. The van der Waals surface area contributed by atoms with Gasteiger partial charge in [0.2, 0.25) is 11.8 Å². The zero-order chi connectivity index (χ0) is 22.5. The number of hydrogen-bond acceptors (Lipinski definition) is 3. The first-order valence-electron chi connectivity index (χ1n) is 10.8. The van der Waals surface area contributed by atoms with E-state index in [1.54, 1.807) is 36.0 Å². The SMILES string of the molecule is CC[C@H](C)c1ccccc1N1C[C@@H](C(=O)N(C)Cc2ccc(C(=O)NC)cc2)CC1=O. The van der Waals surface area contributed by atoms with Gasteiger partial charge in [-0.2, -0.15) is 0 Å². The summed E-state index contributed by atoms with van der Waals surface area (Å²) in [6, 6.07) is 15.2. The molecule has 0 spiro atoms. The Bertz CT molecular complexity index is 955. The van der Waals surface area contributed by atoms with Crippen molar-refractivity contribution in [2.45, 2.75) is 39.2 Å². The van der Waals surface area contributed by atoms with Gasteiger partial charge in [-0.1, -0.05) is 44.2 Å². The number of anilines is 1. The van der Waals surface area contributed by atoms with Crippen LogP contribution < -0.4 is 10.2 Å². The third-order valence-corrected chi connectivity index (χ3v) is 6.08. The maximum Gasteiger partial charge on any atom is 0.251 e. The van der Waals surface area contributed by atoms with Gasteiger partial charge in [-0.25, -0.2) is 0 Å². The molecule has 164 valence electrons. The van der Waals surface area contributed by atoms with Gasteiger partial charge in [-0.15, -0.1) is 0 Å². The summed E-state index contributed by atoms with van der Waals surface area (Å²) in [6.45, 7) is 5.13. The average Bonchev–Trinajstić information content (AvgIpc) is 3.19. The van der Waals surface area contributed by atoms with Crippen molar-refractivity contribution in [1.82, 2.24) is 10.2 Å². The van der Waals surface area contributed by atoms with Gasteiger partial charge in [0.15, 0.2) is 0 Å². The topological polar surface area (TPSA) is 69.7 Å². The average molecular weight is 422 g/mol. The fraction of sp³-hybridized carbons (Fsp3) is 0.400. The molecule has 1 aliphatic rings. The van der Waals surface area contributed by atoms with Crippen molar-refractivity contribution in [2.75, 3.05) is 25.5 Å². The van der Waals surface area contributed by atoms with Crippen molar-refractivity contribution < 1.29 is 14.4 Å². The maximum absolute atomic E-state index is 13.1. The van der Waals surface area contributed by atoms with E-state index >= 15 is 0 Å². The van der Waals surface area contributed by atoms with Crippen molar-refractivity contribution in [3.8, 4) is 0 Å². The van der Waals surface area contributed by atoms with Gasteiger partial charge in [0.25, 0.3) is 5.91 Å². The summed E-state index contributed by atoms with van der Waals surface area (Å²) in [6.07, 6.45) is 1.22. The normalized spacial score (nSPS) is 16.8. The molecule has 3 amide bonds. The van der Waals surface area contributed by atoms with E-state index in [1.165, 1.54) is 0 Å². The molecule has 3 rings (SSSR count). The predicted octanol–water partition coefficient (Wildman–Crippen LogP) is 3.57. The minimum Gasteiger partial charge on any atom is -0.355 e. The lowest BCUT2D eigenvalue weighted by molar-refractivity contribution is -0.135. The molecule has 2 aromatic rings. The molecule has 1 N–H and O–H groups in total. The van der Waals surface area contributed by atoms with Gasteiger partial charge in [0, 0.05) is 44.9 Å². The Balaban J connectivity index is 1.68. The third-order valence-electron chi connectivity index (χ3n) is 6.08. The number of hydrogen-bond donors (Lipinski definition) is 1. The van der Waals surface area contributed by atoms with Crippen molar-refractivity contribution in [2.24, 2.45) is 5.92 Å². The van der Waals surface area contributed by atoms with Crippen molar-refractivity contribution in [3.05, 3.63) is 65.2 Å². The summed E-state index contributed by atoms with van der Waals surface area (Å²) in [7, 11) is 3.35. The fourth-order valence-electron chi connectivity index (χ4n) is 4.05. The molecule has 1 heterocycles. The summed E-state index contributed by atoms with van der Waals surface area (Å²) >= 11 is 0. The second-order valence-corrected chi connectivity index (χ2v) is 8.24. The second-order valence-electron chi connectivity index (χ2n) is 8.24. The summed E-state index contributed by atoms with van der Waals surface area (Å²) in [4.78, 5) is 41.0. The number of para-hydroxylation sites is 1. The lowest BCUT2D eigenvalue weighted by atomic mass is 9.96. The first-order valence-corrected chi connectivity index (χ1v) is 10.8. The number of rotatable bonds is 7. The minimum absolute atomic E-state index is 0.00238. The van der Waals surface area contributed by atoms with E-state index < -0.39 is 0 Å². The van der Waals surface area contributed by atoms with Crippen LogP contribution in [0.25, 0.3) is 0 Å². The van der Waals surface area contributed by atoms with Crippen LogP contribution in [0.1, 0.15) is 54.1 Å². The van der Waals surface area contributed by atoms with Crippen LogP contribution in [0.3, 0.4) is 0 Å². The molecule has 2 aromatic carbocycles. The van der Waals surface area contributed by atoms with Crippen LogP contribution in [-0.4, -0.2) is 43.3 Å². The van der Waals surface area contributed by atoms with Gasteiger partial charge >= 0.3 is 0 Å². The van der Waals surface area contributed by atoms with Crippen LogP contribution in [0, 0.1) is 5.92 Å². The van der Waals surface area contributed by atoms with E-state index in [4.69, 9.17) is 0 Å². The molecule has 0 unspecified atom stereocenters. The minimum atomic E-state index is -0.354. The van der Waals surface area contributed by atoms with Crippen LogP contribution in [0.4, 0.5) is 5.69 Å². The number of nitrogens with one attached hydrogen (secondary N) is 1. The fourth-order valence-corrected chi connectivity index (χ4v) is 4.05. The molecule has 1 saturated heterocycles. The zero-order valence-electron chi connectivity index (χ0n) is 18.7. The van der Waals surface area contributed by atoms with Gasteiger partial charge in [-0.05, 0) is 41.7 Å². The highest BCUT2D eigenvalue weighted by Crippen LogP contribution is 2.34. The van der Waals surface area contributed by atoms with E-state index in [0.717, 1.165) is 23.2 Å². The van der Waals surface area contributed by atoms with Crippen molar-refractivity contribution in [1.29, 1.82) is 0 Å². The van der Waals surface area contributed by atoms with Crippen molar-refractivity contribution in [3.63, 3.8) is 0 Å². The van der Waals surface area contributed by atoms with Crippen LogP contribution in [0.2, 0.25) is 0 Å². The molecule has 1 fully saturated rings. The monoisotopic (exact) mass is 421 g/mol. The Morgan fingerprint density at radius 3 is 2.48 bits per heavy atom. The molecule has 6 heteroatoms. The van der Waals surface area contributed by atoms with Gasteiger partial charge < -0.3 is 15.1 Å². The summed E-state index contributed by atoms with van der Waals surface area (Å²) in [5.41, 5.74) is 3.59. The lowest BCUT2D eigenvalue weighted by Gasteiger charge is -2.24. The highest BCUT2D eigenvalue weighted by atomic mass is 16.2. The second kappa shape index (κ2) is 9.77. The zero-order valence-corrected chi connectivity index (χ0v) is 18.7. The number of carbonyl (C=O) groups is 3. The molecule has 0 radical (unpaired) electrons. The predicted molar refractivity (Wildman–Crippen MR) is 122 cm³/mol. The molecular weight excluding hydrogens is 390 g/mol. The highest BCUT2D eigenvalue weighted by molar-refractivity contribution is 6.01. The van der Waals surface area contributed by atoms with Crippen LogP contribution in [0.15, 0.2) is 48.5 Å².